The molecule has 0 bridgehead atoms. The van der Waals surface area contributed by atoms with Crippen molar-refractivity contribution in [2.75, 3.05) is 6.61 Å². The zero-order valence-electron chi connectivity index (χ0n) is 13.3. The first kappa shape index (κ1) is 17.7. The number of aliphatic carboxylic acids is 1. The second-order valence-electron chi connectivity index (χ2n) is 5.96. The van der Waals surface area contributed by atoms with Crippen LogP contribution in [0.2, 0.25) is 0 Å². The molecule has 0 aliphatic heterocycles. The van der Waals surface area contributed by atoms with Gasteiger partial charge in [0.1, 0.15) is 5.60 Å². The van der Waals surface area contributed by atoms with Gasteiger partial charge in [0.05, 0.1) is 5.56 Å². The maximum absolute atomic E-state index is 12.1. The summed E-state index contributed by atoms with van der Waals surface area (Å²) in [5.74, 6) is -2.98. The topological polar surface area (TPSA) is 110 Å². The van der Waals surface area contributed by atoms with Gasteiger partial charge in [-0.05, 0) is 39.0 Å². The summed E-state index contributed by atoms with van der Waals surface area (Å²) in [5, 5.41) is 18.4. The van der Waals surface area contributed by atoms with E-state index in [1.807, 2.05) is 0 Å². The lowest BCUT2D eigenvalue weighted by molar-refractivity contribution is -0.139. The van der Waals surface area contributed by atoms with Gasteiger partial charge in [0.15, 0.2) is 17.2 Å². The van der Waals surface area contributed by atoms with Crippen LogP contribution in [-0.4, -0.2) is 40.3 Å². The third kappa shape index (κ3) is 4.02. The van der Waals surface area contributed by atoms with E-state index in [1.165, 1.54) is 18.2 Å². The molecule has 8 heteroatoms. The Morgan fingerprint density at radius 3 is 2.38 bits per heavy atom. The molecule has 0 unspecified atom stereocenters. The Morgan fingerprint density at radius 1 is 1.17 bits per heavy atom. The lowest BCUT2D eigenvalue weighted by atomic mass is 10.1. The van der Waals surface area contributed by atoms with E-state index in [1.54, 1.807) is 20.8 Å². The first-order chi connectivity index (χ1) is 11.1. The number of hydrogen-bond donors (Lipinski definition) is 2. The Hall–Kier alpha value is -2.61. The zero-order valence-corrected chi connectivity index (χ0v) is 14.1. The lowest BCUT2D eigenvalue weighted by Crippen LogP contribution is -2.23. The number of hydrogen-bond acceptors (Lipinski definition) is 6. The van der Waals surface area contributed by atoms with Gasteiger partial charge in [-0.2, -0.15) is 0 Å². The molecule has 2 N–H and O–H groups in total. The van der Waals surface area contributed by atoms with E-state index in [-0.39, 0.29) is 16.2 Å². The Bertz CT molecular complexity index is 814. The Labute approximate surface area is 141 Å². The van der Waals surface area contributed by atoms with E-state index in [4.69, 9.17) is 14.6 Å². The van der Waals surface area contributed by atoms with Gasteiger partial charge in [-0.15, -0.1) is 11.3 Å². The molecule has 2 rings (SSSR count). The highest BCUT2D eigenvalue weighted by Gasteiger charge is 2.23. The van der Waals surface area contributed by atoms with Crippen LogP contribution in [0.25, 0.3) is 10.1 Å². The molecular weight excluding hydrogens is 336 g/mol. The van der Waals surface area contributed by atoms with Crippen LogP contribution in [0.5, 0.6) is 5.75 Å². The van der Waals surface area contributed by atoms with Crippen LogP contribution in [0.15, 0.2) is 18.2 Å². The number of fused-ring (bicyclic) bond motifs is 1. The first-order valence-corrected chi connectivity index (χ1v) is 7.78. The van der Waals surface area contributed by atoms with Crippen LogP contribution in [0.4, 0.5) is 0 Å². The van der Waals surface area contributed by atoms with Crippen LogP contribution >= 0.6 is 11.3 Å². The Balaban J connectivity index is 2.45. The van der Waals surface area contributed by atoms with Crippen LogP contribution in [0.1, 0.15) is 40.8 Å². The van der Waals surface area contributed by atoms with Gasteiger partial charge in [-0.3, -0.25) is 0 Å². The number of carboxylic acid groups (broad SMARTS) is 2. The quantitative estimate of drug-likeness (QED) is 0.796. The van der Waals surface area contributed by atoms with E-state index in [9.17, 15) is 19.5 Å². The summed E-state index contributed by atoms with van der Waals surface area (Å²) in [6.07, 6.45) is 0. The van der Waals surface area contributed by atoms with E-state index >= 15 is 0 Å². The van der Waals surface area contributed by atoms with Crippen molar-refractivity contribution in [1.82, 2.24) is 0 Å². The molecule has 0 aliphatic carbocycles. The van der Waals surface area contributed by atoms with Crippen molar-refractivity contribution in [1.29, 1.82) is 0 Å². The largest absolute Gasteiger partial charge is 0.479 e. The highest BCUT2D eigenvalue weighted by Crippen LogP contribution is 2.38. The highest BCUT2D eigenvalue weighted by molar-refractivity contribution is 7.21. The molecule has 0 saturated carbocycles. The zero-order chi connectivity index (χ0) is 18.1. The molecule has 0 amide bonds. The molecule has 7 nitrogen and oxygen atoms in total. The summed E-state index contributed by atoms with van der Waals surface area (Å²) in [5.41, 5.74) is -0.371. The number of rotatable bonds is 5. The molecule has 1 aromatic carbocycles. The third-order valence-corrected chi connectivity index (χ3v) is 3.94. The number of thiophene rings is 1. The van der Waals surface area contributed by atoms with Gasteiger partial charge in [0.2, 0.25) is 0 Å². The van der Waals surface area contributed by atoms with E-state index in [0.29, 0.717) is 10.1 Å². The molecular formula is C16H16O7S. The molecule has 1 heterocycles. The molecule has 0 radical (unpaired) electrons. The smallest absolute Gasteiger partial charge is 0.349 e. The number of carbonyl (C=O) groups is 3. The third-order valence-electron chi connectivity index (χ3n) is 2.81. The molecule has 128 valence electrons. The van der Waals surface area contributed by atoms with Gasteiger partial charge in [-0.1, -0.05) is 0 Å². The summed E-state index contributed by atoms with van der Waals surface area (Å²) in [7, 11) is 0. The number of esters is 1. The summed E-state index contributed by atoms with van der Waals surface area (Å²) in [4.78, 5) is 34.0. The van der Waals surface area contributed by atoms with Crippen molar-refractivity contribution in [3.05, 3.63) is 28.6 Å². The summed E-state index contributed by atoms with van der Waals surface area (Å²) in [6, 6.07) is 4.52. The second kappa shape index (κ2) is 6.48. The second-order valence-corrected chi connectivity index (χ2v) is 7.01. The fraction of sp³-hybridized carbons (Fsp3) is 0.312. The van der Waals surface area contributed by atoms with Crippen molar-refractivity contribution in [2.45, 2.75) is 26.4 Å². The minimum absolute atomic E-state index is 0.0133. The van der Waals surface area contributed by atoms with Crippen molar-refractivity contribution in [2.24, 2.45) is 0 Å². The van der Waals surface area contributed by atoms with Gasteiger partial charge in [0, 0.05) is 10.1 Å². The molecule has 0 spiro atoms. The van der Waals surface area contributed by atoms with Gasteiger partial charge in [-0.25, -0.2) is 14.4 Å². The fourth-order valence-electron chi connectivity index (χ4n) is 1.95. The van der Waals surface area contributed by atoms with Gasteiger partial charge < -0.3 is 19.7 Å². The molecule has 24 heavy (non-hydrogen) atoms. The van der Waals surface area contributed by atoms with Crippen molar-refractivity contribution >= 4 is 39.3 Å². The standard InChI is InChI=1S/C16H16O7S/c1-16(2,3)23-15(21)8-4-5-9-10(6-8)24-13(14(19)20)12(9)22-7-11(17)18/h4-6H,7H2,1-3H3,(H,17,18)(H,19,20). The normalized spacial score (nSPS) is 11.3. The first-order valence-electron chi connectivity index (χ1n) is 6.96. The molecule has 0 saturated heterocycles. The minimum atomic E-state index is -1.23. The predicted molar refractivity (Wildman–Crippen MR) is 87.1 cm³/mol. The maximum atomic E-state index is 12.1. The minimum Gasteiger partial charge on any atom is -0.479 e. The number of carboxylic acids is 2. The molecule has 0 atom stereocenters. The van der Waals surface area contributed by atoms with Crippen molar-refractivity contribution < 1.29 is 34.1 Å². The van der Waals surface area contributed by atoms with Crippen LogP contribution in [0.3, 0.4) is 0 Å². The van der Waals surface area contributed by atoms with Gasteiger partial charge in [0.25, 0.3) is 0 Å². The number of aromatic carboxylic acids is 1. The SMILES string of the molecule is CC(C)(C)OC(=O)c1ccc2c(OCC(=O)O)c(C(=O)O)sc2c1. The van der Waals surface area contributed by atoms with Crippen molar-refractivity contribution in [3.63, 3.8) is 0 Å². The summed E-state index contributed by atoms with van der Waals surface area (Å²) < 4.78 is 10.9. The number of carbonyl (C=O) groups excluding carboxylic acids is 1. The number of benzene rings is 1. The van der Waals surface area contributed by atoms with Gasteiger partial charge >= 0.3 is 17.9 Å². The average Bonchev–Trinajstić information content (AvgIpc) is 2.81. The van der Waals surface area contributed by atoms with Crippen molar-refractivity contribution in [3.8, 4) is 5.75 Å². The van der Waals surface area contributed by atoms with Crippen LogP contribution in [0, 0.1) is 0 Å². The Morgan fingerprint density at radius 2 is 1.83 bits per heavy atom. The Kier molecular flexibility index (Phi) is 4.79. The maximum Gasteiger partial charge on any atom is 0.349 e. The summed E-state index contributed by atoms with van der Waals surface area (Å²) in [6.45, 7) is 4.58. The van der Waals surface area contributed by atoms with E-state index in [0.717, 1.165) is 11.3 Å². The van der Waals surface area contributed by atoms with E-state index in [2.05, 4.69) is 0 Å². The summed E-state index contributed by atoms with van der Waals surface area (Å²) >= 11 is 0.908. The average molecular weight is 352 g/mol. The monoisotopic (exact) mass is 352 g/mol. The van der Waals surface area contributed by atoms with E-state index < -0.39 is 30.1 Å². The van der Waals surface area contributed by atoms with Crippen LogP contribution < -0.4 is 4.74 Å². The lowest BCUT2D eigenvalue weighted by Gasteiger charge is -2.19. The molecule has 1 aromatic heterocycles. The molecule has 0 aliphatic rings. The number of ether oxygens (including phenoxy) is 2. The highest BCUT2D eigenvalue weighted by atomic mass is 32.1. The fourth-order valence-corrected chi connectivity index (χ4v) is 2.98. The molecule has 2 aromatic rings. The molecule has 0 fully saturated rings. The predicted octanol–water partition coefficient (Wildman–Crippen LogP) is 3.02. The van der Waals surface area contributed by atoms with Crippen LogP contribution in [-0.2, 0) is 9.53 Å².